The van der Waals surface area contributed by atoms with Gasteiger partial charge in [0.15, 0.2) is 22.4 Å². The molecule has 2 amide bonds. The molecule has 0 aliphatic carbocycles. The highest BCUT2D eigenvalue weighted by Gasteiger charge is 2.17. The molecule has 1 aliphatic heterocycles. The van der Waals surface area contributed by atoms with Crippen molar-refractivity contribution in [2.75, 3.05) is 31.0 Å². The maximum absolute atomic E-state index is 12.6. The molecule has 10 heteroatoms. The van der Waals surface area contributed by atoms with Crippen LogP contribution in [0.5, 0.6) is 17.2 Å². The minimum absolute atomic E-state index is 0.0534. The van der Waals surface area contributed by atoms with Crippen molar-refractivity contribution in [3.05, 3.63) is 66.1 Å². The third kappa shape index (κ3) is 4.81. The molecule has 1 aromatic heterocycles. The molecule has 1 aliphatic rings. The number of furan rings is 1. The minimum atomic E-state index is -0.416. The summed E-state index contributed by atoms with van der Waals surface area (Å²) in [6.07, 6.45) is 1.42. The topological polar surface area (TPSA) is 111 Å². The van der Waals surface area contributed by atoms with Gasteiger partial charge >= 0.3 is 0 Å². The van der Waals surface area contributed by atoms with Gasteiger partial charge in [-0.15, -0.1) is 0 Å². The minimum Gasteiger partial charge on any atom is -0.495 e. The molecule has 0 fully saturated rings. The normalized spacial score (nSPS) is 11.9. The zero-order chi connectivity index (χ0) is 22.5. The average Bonchev–Trinajstić information content (AvgIpc) is 3.34. The van der Waals surface area contributed by atoms with E-state index in [0.717, 1.165) is 0 Å². The monoisotopic (exact) mass is 453 g/mol. The van der Waals surface area contributed by atoms with Crippen molar-refractivity contribution in [3.63, 3.8) is 0 Å². The zero-order valence-corrected chi connectivity index (χ0v) is 17.8. The maximum atomic E-state index is 12.6. The van der Waals surface area contributed by atoms with E-state index in [1.54, 1.807) is 48.5 Å². The van der Waals surface area contributed by atoms with E-state index in [-0.39, 0.29) is 10.9 Å². The second-order valence-corrected chi connectivity index (χ2v) is 7.02. The predicted octanol–water partition coefficient (Wildman–Crippen LogP) is 3.44. The van der Waals surface area contributed by atoms with Crippen LogP contribution in [0.15, 0.2) is 59.2 Å². The molecule has 0 bridgehead atoms. The average molecular weight is 453 g/mol. The Morgan fingerprint density at radius 3 is 2.53 bits per heavy atom. The first-order valence-electron chi connectivity index (χ1n) is 9.58. The Balaban J connectivity index is 1.43. The molecule has 0 atom stereocenters. The first-order chi connectivity index (χ1) is 15.5. The lowest BCUT2D eigenvalue weighted by atomic mass is 10.2. The number of thiocarbonyl (C=S) groups is 1. The van der Waals surface area contributed by atoms with Crippen LogP contribution in [0.25, 0.3) is 0 Å². The Morgan fingerprint density at radius 1 is 0.969 bits per heavy atom. The molecule has 2 heterocycles. The highest BCUT2D eigenvalue weighted by Crippen LogP contribution is 2.31. The van der Waals surface area contributed by atoms with Crippen LogP contribution in [0.3, 0.4) is 0 Å². The fourth-order valence-corrected chi connectivity index (χ4v) is 3.20. The molecule has 3 N–H and O–H groups in total. The van der Waals surface area contributed by atoms with E-state index in [4.69, 9.17) is 30.8 Å². The van der Waals surface area contributed by atoms with Crippen molar-refractivity contribution in [2.45, 2.75) is 0 Å². The number of rotatable bonds is 5. The number of hydrogen-bond acceptors (Lipinski definition) is 7. The number of carbonyl (C=O) groups is 2. The van der Waals surface area contributed by atoms with Gasteiger partial charge in [0.25, 0.3) is 11.8 Å². The molecule has 164 valence electrons. The summed E-state index contributed by atoms with van der Waals surface area (Å²) >= 11 is 5.28. The second kappa shape index (κ2) is 9.40. The lowest BCUT2D eigenvalue weighted by Crippen LogP contribution is -2.34. The molecule has 0 radical (unpaired) electrons. The van der Waals surface area contributed by atoms with Crippen molar-refractivity contribution < 1.29 is 28.2 Å². The van der Waals surface area contributed by atoms with E-state index in [1.165, 1.54) is 13.4 Å². The van der Waals surface area contributed by atoms with Crippen molar-refractivity contribution in [3.8, 4) is 17.2 Å². The highest BCUT2D eigenvalue weighted by molar-refractivity contribution is 7.80. The van der Waals surface area contributed by atoms with Crippen LogP contribution in [-0.2, 0) is 0 Å². The second-order valence-electron chi connectivity index (χ2n) is 6.61. The molecule has 0 unspecified atom stereocenters. The fraction of sp³-hybridized carbons (Fsp3) is 0.136. The number of methoxy groups -OCH3 is 1. The van der Waals surface area contributed by atoms with Crippen molar-refractivity contribution in [1.29, 1.82) is 0 Å². The van der Waals surface area contributed by atoms with Crippen LogP contribution in [0, 0.1) is 0 Å². The van der Waals surface area contributed by atoms with E-state index in [0.29, 0.717) is 47.4 Å². The van der Waals surface area contributed by atoms with E-state index in [2.05, 4.69) is 16.0 Å². The fourth-order valence-electron chi connectivity index (χ4n) is 3.00. The summed E-state index contributed by atoms with van der Waals surface area (Å²) in [6, 6.07) is 13.0. The molecule has 3 aromatic rings. The van der Waals surface area contributed by atoms with Crippen LogP contribution in [0.1, 0.15) is 20.9 Å². The van der Waals surface area contributed by atoms with Gasteiger partial charge in [-0.3, -0.25) is 14.9 Å². The number of hydrogen-bond donors (Lipinski definition) is 3. The molecule has 0 saturated carbocycles. The van der Waals surface area contributed by atoms with Crippen LogP contribution in [-0.4, -0.2) is 37.3 Å². The summed E-state index contributed by atoms with van der Waals surface area (Å²) in [6.45, 7) is 0.889. The third-order valence-electron chi connectivity index (χ3n) is 4.48. The Hall–Kier alpha value is -4.05. The summed E-state index contributed by atoms with van der Waals surface area (Å²) in [5.41, 5.74) is 1.30. The van der Waals surface area contributed by atoms with Crippen molar-refractivity contribution in [1.82, 2.24) is 5.32 Å². The highest BCUT2D eigenvalue weighted by atomic mass is 32.1. The van der Waals surface area contributed by atoms with Gasteiger partial charge in [0.05, 0.1) is 19.1 Å². The Morgan fingerprint density at radius 2 is 1.78 bits per heavy atom. The summed E-state index contributed by atoms with van der Waals surface area (Å²) in [7, 11) is 1.50. The number of fused-ring (bicyclic) bond motifs is 1. The lowest BCUT2D eigenvalue weighted by Gasteiger charge is -2.19. The van der Waals surface area contributed by atoms with Crippen LogP contribution in [0.2, 0.25) is 0 Å². The largest absolute Gasteiger partial charge is 0.495 e. The SMILES string of the molecule is COc1ccc(NC(=O)c2ccco2)cc1NC(=S)NC(=O)c1ccc2c(c1)OCCO2. The summed E-state index contributed by atoms with van der Waals surface area (Å²) in [4.78, 5) is 24.8. The van der Waals surface area contributed by atoms with Gasteiger partial charge in [0, 0.05) is 11.3 Å². The Kier molecular flexibility index (Phi) is 6.22. The molecule has 0 spiro atoms. The van der Waals surface area contributed by atoms with E-state index < -0.39 is 11.8 Å². The van der Waals surface area contributed by atoms with Crippen LogP contribution in [0.4, 0.5) is 11.4 Å². The van der Waals surface area contributed by atoms with Gasteiger partial charge in [-0.1, -0.05) is 0 Å². The van der Waals surface area contributed by atoms with Gasteiger partial charge in [0.2, 0.25) is 0 Å². The third-order valence-corrected chi connectivity index (χ3v) is 4.69. The van der Waals surface area contributed by atoms with E-state index >= 15 is 0 Å². The van der Waals surface area contributed by atoms with Crippen molar-refractivity contribution >= 4 is 40.5 Å². The zero-order valence-electron chi connectivity index (χ0n) is 17.0. The molecule has 4 rings (SSSR count). The van der Waals surface area contributed by atoms with E-state index in [1.807, 2.05) is 0 Å². The summed E-state index contributed by atoms with van der Waals surface area (Å²) in [5.74, 6) is 0.923. The Labute approximate surface area is 188 Å². The van der Waals surface area contributed by atoms with Gasteiger partial charge < -0.3 is 29.3 Å². The number of anilines is 2. The first-order valence-corrected chi connectivity index (χ1v) is 9.99. The van der Waals surface area contributed by atoms with Crippen LogP contribution < -0.4 is 30.2 Å². The number of carbonyl (C=O) groups excluding carboxylic acids is 2. The standard InChI is InChI=1S/C22H19N3O6S/c1-28-16-7-5-14(23-21(27)18-3-2-8-29-18)12-15(16)24-22(32)25-20(26)13-4-6-17-19(11-13)31-10-9-30-17/h2-8,11-12H,9-10H2,1H3,(H,23,27)(H2,24,25,26,32). The van der Waals surface area contributed by atoms with Crippen LogP contribution >= 0.6 is 12.2 Å². The molecule has 32 heavy (non-hydrogen) atoms. The van der Waals surface area contributed by atoms with Gasteiger partial charge in [-0.05, 0) is 60.7 Å². The van der Waals surface area contributed by atoms with Gasteiger partial charge in [0.1, 0.15) is 19.0 Å². The maximum Gasteiger partial charge on any atom is 0.291 e. The molecular weight excluding hydrogens is 434 g/mol. The molecule has 0 saturated heterocycles. The summed E-state index contributed by atoms with van der Waals surface area (Å²) in [5, 5.41) is 8.30. The molecular formula is C22H19N3O6S. The molecule has 2 aromatic carbocycles. The number of amides is 2. The van der Waals surface area contributed by atoms with Crippen molar-refractivity contribution in [2.24, 2.45) is 0 Å². The predicted molar refractivity (Wildman–Crippen MR) is 121 cm³/mol. The lowest BCUT2D eigenvalue weighted by molar-refractivity contribution is 0.0974. The van der Waals surface area contributed by atoms with Gasteiger partial charge in [-0.2, -0.15) is 0 Å². The first kappa shape index (κ1) is 21.2. The number of benzene rings is 2. The Bertz CT molecular complexity index is 1160. The number of ether oxygens (including phenoxy) is 3. The van der Waals surface area contributed by atoms with Gasteiger partial charge in [-0.25, -0.2) is 0 Å². The number of nitrogens with one attached hydrogen (secondary N) is 3. The molecule has 9 nitrogen and oxygen atoms in total. The quantitative estimate of drug-likeness (QED) is 0.504. The van der Waals surface area contributed by atoms with E-state index in [9.17, 15) is 9.59 Å². The smallest absolute Gasteiger partial charge is 0.291 e. The summed E-state index contributed by atoms with van der Waals surface area (Å²) < 4.78 is 21.4.